The van der Waals surface area contributed by atoms with Crippen LogP contribution >= 0.6 is 0 Å². The summed E-state index contributed by atoms with van der Waals surface area (Å²) < 4.78 is 34.1. The van der Waals surface area contributed by atoms with E-state index in [2.05, 4.69) is 0 Å². The topological polar surface area (TPSA) is 80.3 Å². The normalized spacial score (nSPS) is 8.29. The Morgan fingerprint density at radius 3 is 1.14 bits per heavy atom. The van der Waals surface area contributed by atoms with Gasteiger partial charge in [0, 0.05) is 10.4 Å². The second-order valence-corrected chi connectivity index (χ2v) is 1.22. The van der Waals surface area contributed by atoms with Crippen molar-refractivity contribution in [1.29, 1.82) is 0 Å². The number of hydrogen-bond acceptors (Lipinski definition) is 4. The molecule has 0 aliphatic heterocycles. The van der Waals surface area contributed by atoms with Crippen LogP contribution in [-0.2, 0) is 10.4 Å². The van der Waals surface area contributed by atoms with E-state index in [0.29, 0.717) is 0 Å². The molecule has 0 rings (SSSR count). The maximum atomic E-state index is 8.52. The predicted octanol–water partition coefficient (Wildman–Crippen LogP) is -2.10. The molecule has 0 atom stereocenters. The molecule has 0 aliphatic carbocycles. The minimum atomic E-state index is -5.17. The van der Waals surface area contributed by atoms with E-state index in [0.717, 1.165) is 0 Å². The summed E-state index contributed by atoms with van der Waals surface area (Å²) in [7, 11) is -5.17. The molecule has 0 fully saturated rings. The van der Waals surface area contributed by atoms with Gasteiger partial charge in [-0.25, -0.2) is 0 Å². The van der Waals surface area contributed by atoms with Crippen LogP contribution in [0.2, 0.25) is 0 Å². The zero-order valence-corrected chi connectivity index (χ0v) is 9.66. The Bertz CT molecular complexity index is 94.9. The van der Waals surface area contributed by atoms with Crippen molar-refractivity contribution in [3.8, 4) is 0 Å². The largest absolute Gasteiger partial charge is 3.00 e. The molecule has 0 unspecified atom stereocenters. The van der Waals surface area contributed by atoms with E-state index in [1.54, 1.807) is 0 Å². The summed E-state index contributed by atoms with van der Waals surface area (Å²) in [4.78, 5) is 0. The molecule has 0 aromatic carbocycles. The number of hydrogen-bond donors (Lipinski definition) is 0. The first-order chi connectivity index (χ1) is 2.00. The van der Waals surface area contributed by atoms with Crippen molar-refractivity contribution in [2.24, 2.45) is 0 Å². The summed E-state index contributed by atoms with van der Waals surface area (Å²) >= 11 is 0. The van der Waals surface area contributed by atoms with E-state index in [-0.39, 0.29) is 44.7 Å². The zero-order valence-electron chi connectivity index (χ0n) is 3.20. The maximum absolute atomic E-state index is 8.52. The smallest absolute Gasteiger partial charge is 0.759 e. The van der Waals surface area contributed by atoms with Crippen LogP contribution in [0.5, 0.6) is 0 Å². The molecule has 0 heterocycles. The molecule has 0 saturated carbocycles. The molecule has 0 bridgehead atoms. The van der Waals surface area contributed by atoms with Crippen molar-refractivity contribution < 1.29 is 17.5 Å². The third-order valence-corrected chi connectivity index (χ3v) is 0. The third-order valence-electron chi connectivity index (χ3n) is 0. The van der Waals surface area contributed by atoms with Gasteiger partial charge in [0.2, 0.25) is 0 Å². The van der Waals surface area contributed by atoms with Gasteiger partial charge >= 0.3 is 44.7 Å². The molecule has 7 heteroatoms. The first-order valence-electron chi connectivity index (χ1n) is 0.667. The Balaban J connectivity index is -0.0000000800. The molecule has 0 radical (unpaired) electrons. The Labute approximate surface area is 72.2 Å². The van der Waals surface area contributed by atoms with Gasteiger partial charge in [-0.15, -0.1) is 0 Å². The van der Waals surface area contributed by atoms with Gasteiger partial charge in [0.05, 0.1) is 0 Å². The van der Waals surface area contributed by atoms with Crippen LogP contribution in [0, 0.1) is 0 Å². The fraction of sp³-hybridized carbons (Fsp3) is 0. The van der Waals surface area contributed by atoms with E-state index in [9.17, 15) is 0 Å². The summed E-state index contributed by atoms with van der Waals surface area (Å²) in [5.74, 6) is 0. The van der Waals surface area contributed by atoms with Crippen LogP contribution in [0.3, 0.4) is 0 Å². The quantitative estimate of drug-likeness (QED) is 0.290. The van der Waals surface area contributed by atoms with Gasteiger partial charge in [-0.1, -0.05) is 0 Å². The van der Waals surface area contributed by atoms with Crippen molar-refractivity contribution in [3.63, 3.8) is 0 Å². The van der Waals surface area contributed by atoms with Crippen LogP contribution in [0.1, 0.15) is 0 Å². The van der Waals surface area contributed by atoms with Crippen LogP contribution in [0.4, 0.5) is 0 Å². The van der Waals surface area contributed by atoms with Crippen molar-refractivity contribution in [3.05, 3.63) is 0 Å². The van der Waals surface area contributed by atoms with E-state index in [1.807, 2.05) is 0 Å². The molecule has 0 aromatic heterocycles. The Kier molecular flexibility index (Phi) is 12.3. The minimum Gasteiger partial charge on any atom is -0.759 e. The van der Waals surface area contributed by atoms with Crippen LogP contribution in [0.25, 0.3) is 0 Å². The first kappa shape index (κ1) is 15.8. The van der Waals surface area contributed by atoms with E-state index in [1.165, 1.54) is 0 Å². The van der Waals surface area contributed by atoms with Crippen LogP contribution in [-0.4, -0.2) is 62.2 Å². The van der Waals surface area contributed by atoms with Crippen LogP contribution in [0.15, 0.2) is 0 Å². The molecule has 0 aliphatic rings. The fourth-order valence-electron chi connectivity index (χ4n) is 0. The van der Waals surface area contributed by atoms with Crippen molar-refractivity contribution in [1.82, 2.24) is 0 Å². The second kappa shape index (κ2) is 5.46. The van der Waals surface area contributed by atoms with Gasteiger partial charge in [0.15, 0.2) is 0 Å². The average molecular weight is 327 g/mol. The molecule has 0 N–H and O–H groups in total. The summed E-state index contributed by atoms with van der Waals surface area (Å²) in [6.45, 7) is 0. The van der Waals surface area contributed by atoms with Crippen molar-refractivity contribution >= 4 is 55.1 Å². The number of rotatable bonds is 0. The molecule has 7 heavy (non-hydrogen) atoms. The molecular formula is AlO4STl+2. The van der Waals surface area contributed by atoms with E-state index >= 15 is 0 Å². The minimum absolute atomic E-state index is 0. The molecule has 0 amide bonds. The Morgan fingerprint density at radius 1 is 1.14 bits per heavy atom. The van der Waals surface area contributed by atoms with Gasteiger partial charge in [-0.3, -0.25) is 8.42 Å². The molecule has 0 saturated heterocycles. The standard InChI is InChI=1S/Al.H2O4S.Tl/c;1-5(2,3)4;/h;(H2,1,2,3,4);/q+3;;+1/p-2. The predicted molar refractivity (Wildman–Crippen MR) is 22.0 cm³/mol. The Hall–Kier alpha value is 1.32. The molecule has 0 aromatic rings. The summed E-state index contributed by atoms with van der Waals surface area (Å²) in [6, 6.07) is 0. The fourth-order valence-corrected chi connectivity index (χ4v) is 0. The van der Waals surface area contributed by atoms with Crippen LogP contribution < -0.4 is 0 Å². The summed E-state index contributed by atoms with van der Waals surface area (Å²) in [5.41, 5.74) is 0. The maximum Gasteiger partial charge on any atom is 3.00 e. The Morgan fingerprint density at radius 2 is 1.14 bits per heavy atom. The van der Waals surface area contributed by atoms with Gasteiger partial charge in [0.1, 0.15) is 0 Å². The van der Waals surface area contributed by atoms with Crippen molar-refractivity contribution in [2.75, 3.05) is 0 Å². The monoisotopic (exact) mass is 328 g/mol. The zero-order chi connectivity index (χ0) is 4.50. The van der Waals surface area contributed by atoms with Gasteiger partial charge < -0.3 is 9.11 Å². The van der Waals surface area contributed by atoms with Gasteiger partial charge in [0.25, 0.3) is 0 Å². The van der Waals surface area contributed by atoms with Gasteiger partial charge in [-0.05, 0) is 0 Å². The van der Waals surface area contributed by atoms with Crippen molar-refractivity contribution in [2.45, 2.75) is 0 Å². The molecular weight excluding hydrogens is 327 g/mol. The van der Waals surface area contributed by atoms with Gasteiger partial charge in [-0.2, -0.15) is 0 Å². The molecule has 34 valence electrons. The summed E-state index contributed by atoms with van der Waals surface area (Å²) in [5, 5.41) is 0. The van der Waals surface area contributed by atoms with E-state index in [4.69, 9.17) is 17.5 Å². The molecule has 0 spiro atoms. The second-order valence-electron chi connectivity index (χ2n) is 0.408. The molecule has 4 nitrogen and oxygen atoms in total. The first-order valence-corrected chi connectivity index (χ1v) is 2.00. The van der Waals surface area contributed by atoms with E-state index < -0.39 is 10.4 Å². The SMILES string of the molecule is O=S(=O)([O-])[O-].[Al+3].[Tl+]. The average Bonchev–Trinajstić information content (AvgIpc) is 0.722. The third kappa shape index (κ3) is 118. The summed E-state index contributed by atoms with van der Waals surface area (Å²) in [6.07, 6.45) is 0.